The quantitative estimate of drug-likeness (QED) is 0.524. The molecule has 0 aliphatic carbocycles. The number of benzene rings is 2. The van der Waals surface area contributed by atoms with Crippen molar-refractivity contribution < 1.29 is 4.79 Å². The Bertz CT molecular complexity index is 1030. The molecule has 170 valence electrons. The number of para-hydroxylation sites is 1. The van der Waals surface area contributed by atoms with Gasteiger partial charge in [0.2, 0.25) is 5.91 Å². The van der Waals surface area contributed by atoms with Crippen LogP contribution in [0.3, 0.4) is 0 Å². The van der Waals surface area contributed by atoms with Crippen LogP contribution in [0.2, 0.25) is 0 Å². The van der Waals surface area contributed by atoms with Gasteiger partial charge in [-0.05, 0) is 76.7 Å². The first-order chi connectivity index (χ1) is 15.6. The highest BCUT2D eigenvalue weighted by Crippen LogP contribution is 2.28. The molecule has 2 aromatic carbocycles. The van der Waals surface area contributed by atoms with Crippen molar-refractivity contribution in [1.29, 1.82) is 0 Å². The number of carbonyl (C=O) groups is 1. The molecule has 1 aromatic heterocycles. The van der Waals surface area contributed by atoms with Crippen molar-refractivity contribution in [3.05, 3.63) is 71.4 Å². The van der Waals surface area contributed by atoms with Crippen molar-refractivity contribution in [2.45, 2.75) is 65.6 Å². The van der Waals surface area contributed by atoms with Gasteiger partial charge in [-0.3, -0.25) is 9.69 Å². The summed E-state index contributed by atoms with van der Waals surface area (Å²) in [7, 11) is 0. The smallest absolute Gasteiger partial charge is 0.223 e. The van der Waals surface area contributed by atoms with Crippen molar-refractivity contribution in [3.63, 3.8) is 0 Å². The third-order valence-corrected chi connectivity index (χ3v) is 7.12. The zero-order valence-electron chi connectivity index (χ0n) is 19.8. The molecule has 4 rings (SSSR count). The van der Waals surface area contributed by atoms with E-state index in [2.05, 4.69) is 84.1 Å². The summed E-state index contributed by atoms with van der Waals surface area (Å²) in [6, 6.07) is 19.5. The molecule has 1 amide bonds. The minimum Gasteiger partial charge on any atom is -0.353 e. The zero-order chi connectivity index (χ0) is 22.5. The molecular weight excluding hydrogens is 394 g/mol. The second-order valence-corrected chi connectivity index (χ2v) is 9.31. The molecule has 4 heteroatoms. The van der Waals surface area contributed by atoms with Crippen LogP contribution >= 0.6 is 0 Å². The van der Waals surface area contributed by atoms with Gasteiger partial charge >= 0.3 is 0 Å². The summed E-state index contributed by atoms with van der Waals surface area (Å²) >= 11 is 0. The minimum atomic E-state index is 0.142. The summed E-state index contributed by atoms with van der Waals surface area (Å²) in [5, 5.41) is 4.64. The summed E-state index contributed by atoms with van der Waals surface area (Å²) < 4.78 is 2.42. The molecule has 1 aliphatic rings. The Morgan fingerprint density at radius 1 is 1.06 bits per heavy atom. The van der Waals surface area contributed by atoms with Crippen LogP contribution in [-0.4, -0.2) is 34.5 Å². The summed E-state index contributed by atoms with van der Waals surface area (Å²) in [5.74, 6) is 0.382. The van der Waals surface area contributed by atoms with Crippen molar-refractivity contribution in [2.24, 2.45) is 5.92 Å². The molecule has 1 aliphatic heterocycles. The highest BCUT2D eigenvalue weighted by molar-refractivity contribution is 5.85. The molecule has 3 aromatic rings. The summed E-state index contributed by atoms with van der Waals surface area (Å²) in [5.41, 5.74) is 5.49. The van der Waals surface area contributed by atoms with Gasteiger partial charge in [-0.1, -0.05) is 48.5 Å². The second-order valence-electron chi connectivity index (χ2n) is 9.31. The number of aromatic nitrogens is 1. The van der Waals surface area contributed by atoms with Crippen molar-refractivity contribution in [3.8, 4) is 0 Å². The fourth-order valence-corrected chi connectivity index (χ4v) is 5.15. The van der Waals surface area contributed by atoms with Gasteiger partial charge in [0.1, 0.15) is 0 Å². The summed E-state index contributed by atoms with van der Waals surface area (Å²) in [6.07, 6.45) is 3.88. The van der Waals surface area contributed by atoms with Crippen molar-refractivity contribution in [2.75, 3.05) is 13.1 Å². The molecule has 0 unspecified atom stereocenters. The van der Waals surface area contributed by atoms with E-state index in [1.54, 1.807) is 0 Å². The van der Waals surface area contributed by atoms with Crippen molar-refractivity contribution >= 4 is 16.8 Å². The van der Waals surface area contributed by atoms with E-state index in [-0.39, 0.29) is 17.9 Å². The highest BCUT2D eigenvalue weighted by atomic mass is 16.1. The molecular formula is C28H37N3O. The maximum Gasteiger partial charge on any atom is 0.223 e. The largest absolute Gasteiger partial charge is 0.353 e. The Morgan fingerprint density at radius 2 is 1.75 bits per heavy atom. The predicted molar refractivity (Wildman–Crippen MR) is 133 cm³/mol. The van der Waals surface area contributed by atoms with E-state index in [0.29, 0.717) is 0 Å². The Labute approximate surface area is 192 Å². The van der Waals surface area contributed by atoms with Crippen LogP contribution in [-0.2, 0) is 24.3 Å². The first-order valence-corrected chi connectivity index (χ1v) is 12.2. The lowest BCUT2D eigenvalue weighted by Crippen LogP contribution is -2.43. The number of hydrogen-bond acceptors (Lipinski definition) is 2. The minimum absolute atomic E-state index is 0.142. The Hall–Kier alpha value is -2.59. The van der Waals surface area contributed by atoms with E-state index in [1.807, 2.05) is 6.07 Å². The van der Waals surface area contributed by atoms with Crippen LogP contribution in [0.5, 0.6) is 0 Å². The van der Waals surface area contributed by atoms with Gasteiger partial charge in [-0.15, -0.1) is 0 Å². The molecule has 1 atom stereocenters. The van der Waals surface area contributed by atoms with E-state index >= 15 is 0 Å². The molecule has 32 heavy (non-hydrogen) atoms. The molecule has 0 radical (unpaired) electrons. The highest BCUT2D eigenvalue weighted by Gasteiger charge is 2.26. The summed E-state index contributed by atoms with van der Waals surface area (Å²) in [4.78, 5) is 15.3. The normalized spacial score (nSPS) is 16.3. The second kappa shape index (κ2) is 10.4. The van der Waals surface area contributed by atoms with Gasteiger partial charge in [-0.2, -0.15) is 0 Å². The van der Waals surface area contributed by atoms with E-state index in [0.717, 1.165) is 51.9 Å². The molecule has 1 fully saturated rings. The lowest BCUT2D eigenvalue weighted by molar-refractivity contribution is -0.127. The number of hydrogen-bond donors (Lipinski definition) is 1. The molecule has 1 saturated heterocycles. The molecule has 0 saturated carbocycles. The van der Waals surface area contributed by atoms with Crippen molar-refractivity contribution in [1.82, 2.24) is 14.8 Å². The number of rotatable bonds is 8. The first-order valence-electron chi connectivity index (χ1n) is 12.2. The molecule has 0 spiro atoms. The monoisotopic (exact) mass is 431 g/mol. The SMILES string of the molecule is CCn1c(C)c(CN2CCC(C(=O)N[C@H](C)CCc3ccccc3)CC2)c2ccccc21. The van der Waals surface area contributed by atoms with Gasteiger partial charge in [-0.25, -0.2) is 0 Å². The van der Waals surface area contributed by atoms with Gasteiger partial charge in [0, 0.05) is 41.6 Å². The Kier molecular flexibility index (Phi) is 7.31. The van der Waals surface area contributed by atoms with Gasteiger partial charge < -0.3 is 9.88 Å². The van der Waals surface area contributed by atoms with Gasteiger partial charge in [0.15, 0.2) is 0 Å². The average Bonchev–Trinajstić information content (AvgIpc) is 3.09. The maximum atomic E-state index is 12.8. The number of likely N-dealkylation sites (tertiary alicyclic amines) is 1. The number of nitrogens with one attached hydrogen (secondary N) is 1. The van der Waals surface area contributed by atoms with Crippen LogP contribution in [0.4, 0.5) is 0 Å². The molecule has 4 nitrogen and oxygen atoms in total. The fourth-order valence-electron chi connectivity index (χ4n) is 5.15. The van der Waals surface area contributed by atoms with Crippen LogP contribution in [0.15, 0.2) is 54.6 Å². The average molecular weight is 432 g/mol. The van der Waals surface area contributed by atoms with Gasteiger partial charge in [0.25, 0.3) is 0 Å². The van der Waals surface area contributed by atoms with E-state index < -0.39 is 0 Å². The van der Waals surface area contributed by atoms with Crippen LogP contribution in [0.25, 0.3) is 10.9 Å². The standard InChI is InChI=1S/C28H37N3O/c1-4-31-22(3)26(25-12-8-9-13-27(25)31)20-30-18-16-24(17-19-30)28(32)29-21(2)14-15-23-10-6-5-7-11-23/h5-13,21,24H,4,14-20H2,1-3H3,(H,29,32)/t21-/m1/s1. The van der Waals surface area contributed by atoms with Crippen LogP contribution in [0.1, 0.15) is 49.9 Å². The van der Waals surface area contributed by atoms with E-state index in [4.69, 9.17) is 0 Å². The maximum absolute atomic E-state index is 12.8. The van der Waals surface area contributed by atoms with Crippen LogP contribution < -0.4 is 5.32 Å². The van der Waals surface area contributed by atoms with E-state index in [9.17, 15) is 4.79 Å². The van der Waals surface area contributed by atoms with Crippen LogP contribution in [0, 0.1) is 12.8 Å². The summed E-state index contributed by atoms with van der Waals surface area (Å²) in [6.45, 7) is 10.5. The number of aryl methyl sites for hydroxylation is 2. The Morgan fingerprint density at radius 3 is 2.47 bits per heavy atom. The third-order valence-electron chi connectivity index (χ3n) is 7.12. The lowest BCUT2D eigenvalue weighted by Gasteiger charge is -2.32. The molecule has 0 bridgehead atoms. The topological polar surface area (TPSA) is 37.3 Å². The first kappa shape index (κ1) is 22.6. The van der Waals surface area contributed by atoms with Gasteiger partial charge in [0.05, 0.1) is 0 Å². The lowest BCUT2D eigenvalue weighted by atomic mass is 9.94. The zero-order valence-corrected chi connectivity index (χ0v) is 19.8. The number of amides is 1. The fraction of sp³-hybridized carbons (Fsp3) is 0.464. The number of piperidine rings is 1. The molecule has 1 N–H and O–H groups in total. The number of nitrogens with zero attached hydrogens (tertiary/aromatic N) is 2. The Balaban J connectivity index is 1.28. The number of carbonyl (C=O) groups excluding carboxylic acids is 1. The van der Waals surface area contributed by atoms with E-state index in [1.165, 1.54) is 27.7 Å². The number of fused-ring (bicyclic) bond motifs is 1. The molecule has 2 heterocycles. The predicted octanol–water partition coefficient (Wildman–Crippen LogP) is 5.32. The third kappa shape index (κ3) is 5.07.